The highest BCUT2D eigenvalue weighted by Crippen LogP contribution is 2.44. The van der Waals surface area contributed by atoms with E-state index >= 15 is 0 Å². The van der Waals surface area contributed by atoms with Gasteiger partial charge in [-0.25, -0.2) is 4.98 Å². The van der Waals surface area contributed by atoms with E-state index in [0.717, 1.165) is 77.0 Å². The zero-order valence-corrected chi connectivity index (χ0v) is 29.4. The van der Waals surface area contributed by atoms with Crippen molar-refractivity contribution < 1.29 is 4.42 Å². The average Bonchev–Trinajstić information content (AvgIpc) is 3.92. The number of rotatable bonds is 4. The molecule has 256 valence electrons. The first-order valence-electron chi connectivity index (χ1n) is 18.5. The van der Waals surface area contributed by atoms with Crippen molar-refractivity contribution in [3.8, 4) is 34.4 Å². The lowest BCUT2D eigenvalue weighted by Crippen LogP contribution is -2.06. The van der Waals surface area contributed by atoms with E-state index in [9.17, 15) is 0 Å². The van der Waals surface area contributed by atoms with Gasteiger partial charge in [0.25, 0.3) is 0 Å². The Morgan fingerprint density at radius 1 is 0.364 bits per heavy atom. The molecule has 0 aliphatic rings. The molecular formula is C49H29N5O. The van der Waals surface area contributed by atoms with Crippen molar-refractivity contribution in [3.63, 3.8) is 0 Å². The van der Waals surface area contributed by atoms with Crippen molar-refractivity contribution in [3.05, 3.63) is 176 Å². The molecule has 0 spiro atoms. The first-order chi connectivity index (χ1) is 27.3. The minimum Gasteiger partial charge on any atom is -0.452 e. The van der Waals surface area contributed by atoms with Crippen molar-refractivity contribution in [1.82, 2.24) is 24.1 Å². The topological polar surface area (TPSA) is 61.7 Å². The van der Waals surface area contributed by atoms with Gasteiger partial charge < -0.3 is 8.98 Å². The van der Waals surface area contributed by atoms with Gasteiger partial charge in [-0.15, -0.1) is 0 Å². The van der Waals surface area contributed by atoms with Crippen LogP contribution in [0.25, 0.3) is 111 Å². The van der Waals surface area contributed by atoms with Crippen LogP contribution in [0.15, 0.2) is 180 Å². The van der Waals surface area contributed by atoms with E-state index in [4.69, 9.17) is 19.4 Å². The molecule has 55 heavy (non-hydrogen) atoms. The van der Waals surface area contributed by atoms with Crippen LogP contribution in [0.3, 0.4) is 0 Å². The van der Waals surface area contributed by atoms with Gasteiger partial charge in [-0.1, -0.05) is 140 Å². The molecule has 0 aliphatic heterocycles. The smallest absolute Gasteiger partial charge is 0.238 e. The molecule has 12 rings (SSSR count). The SMILES string of the molecule is c1ccc(-c2nc(-c3ccccc3)nc(-n3c4ccccc4c4ccc5c6ccc7c8ccccc8n(-c8ccc9ccccc9c8)c7c6oc5c43)n2)cc1. The second-order valence-corrected chi connectivity index (χ2v) is 14.0. The zero-order valence-electron chi connectivity index (χ0n) is 29.4. The number of benzene rings is 8. The standard InChI is InChI=1S/C49H29N5O/c1-3-14-31(15-4-1)47-50-48(32-16-5-2-6-17-32)52-49(51-47)54-42-22-12-10-20-36(42)38-26-28-40-39-27-25-37-35-19-9-11-21-41(35)53(43(37)45(39)55-46(40)44(38)54)34-24-23-30-13-7-8-18-33(30)29-34/h1-29H. The fraction of sp³-hybridized carbons (Fsp3) is 0. The van der Waals surface area contributed by atoms with Gasteiger partial charge in [0.05, 0.1) is 16.6 Å². The summed E-state index contributed by atoms with van der Waals surface area (Å²) >= 11 is 0. The Balaban J connectivity index is 1.21. The molecule has 0 fully saturated rings. The highest BCUT2D eigenvalue weighted by molar-refractivity contribution is 6.26. The highest BCUT2D eigenvalue weighted by Gasteiger charge is 2.24. The molecule has 0 bridgehead atoms. The second-order valence-electron chi connectivity index (χ2n) is 14.0. The average molecular weight is 704 g/mol. The van der Waals surface area contributed by atoms with Gasteiger partial charge in [0.2, 0.25) is 5.95 Å². The lowest BCUT2D eigenvalue weighted by atomic mass is 10.1. The number of fused-ring (bicyclic) bond motifs is 12. The molecule has 6 nitrogen and oxygen atoms in total. The van der Waals surface area contributed by atoms with Gasteiger partial charge >= 0.3 is 0 Å². The summed E-state index contributed by atoms with van der Waals surface area (Å²) in [5.41, 5.74) is 8.63. The molecular weight excluding hydrogens is 675 g/mol. The Labute approximate surface area is 314 Å². The Morgan fingerprint density at radius 3 is 1.47 bits per heavy atom. The molecule has 0 saturated carbocycles. The summed E-state index contributed by atoms with van der Waals surface area (Å²) in [6.45, 7) is 0. The first-order valence-corrected chi connectivity index (χ1v) is 18.5. The maximum absolute atomic E-state index is 7.27. The number of aromatic nitrogens is 5. The second kappa shape index (κ2) is 11.5. The third-order valence-electron chi connectivity index (χ3n) is 11.0. The van der Waals surface area contributed by atoms with Crippen LogP contribution >= 0.6 is 0 Å². The fourth-order valence-corrected chi connectivity index (χ4v) is 8.48. The van der Waals surface area contributed by atoms with Crippen LogP contribution in [0, 0.1) is 0 Å². The molecule has 4 heterocycles. The number of nitrogens with zero attached hydrogens (tertiary/aromatic N) is 5. The molecule has 0 radical (unpaired) electrons. The van der Waals surface area contributed by atoms with Crippen LogP contribution in [0.4, 0.5) is 0 Å². The molecule has 8 aromatic carbocycles. The lowest BCUT2D eigenvalue weighted by molar-refractivity contribution is 0.673. The number of hydrogen-bond donors (Lipinski definition) is 0. The monoisotopic (exact) mass is 703 g/mol. The van der Waals surface area contributed by atoms with Crippen molar-refractivity contribution in [1.29, 1.82) is 0 Å². The Bertz CT molecular complexity index is 3430. The summed E-state index contributed by atoms with van der Waals surface area (Å²) in [6.07, 6.45) is 0. The maximum Gasteiger partial charge on any atom is 0.238 e. The van der Waals surface area contributed by atoms with E-state index in [0.29, 0.717) is 17.6 Å². The Hall–Kier alpha value is -7.57. The highest BCUT2D eigenvalue weighted by atomic mass is 16.3. The van der Waals surface area contributed by atoms with E-state index in [1.165, 1.54) is 16.2 Å². The minimum atomic E-state index is 0.530. The van der Waals surface area contributed by atoms with E-state index < -0.39 is 0 Å². The summed E-state index contributed by atoms with van der Waals surface area (Å²) in [6, 6.07) is 61.3. The van der Waals surface area contributed by atoms with E-state index in [-0.39, 0.29) is 0 Å². The third-order valence-corrected chi connectivity index (χ3v) is 11.0. The zero-order chi connectivity index (χ0) is 36.0. The van der Waals surface area contributed by atoms with E-state index in [1.54, 1.807) is 0 Å². The van der Waals surface area contributed by atoms with E-state index in [1.807, 2.05) is 60.7 Å². The van der Waals surface area contributed by atoms with Gasteiger partial charge in [0.1, 0.15) is 5.52 Å². The van der Waals surface area contributed by atoms with Crippen LogP contribution < -0.4 is 0 Å². The van der Waals surface area contributed by atoms with Gasteiger partial charge in [-0.05, 0) is 47.2 Å². The molecule has 0 saturated heterocycles. The summed E-state index contributed by atoms with van der Waals surface area (Å²) in [5.74, 6) is 1.74. The minimum absolute atomic E-state index is 0.530. The van der Waals surface area contributed by atoms with Crippen molar-refractivity contribution >= 4 is 76.3 Å². The molecule has 0 unspecified atom stereocenters. The lowest BCUT2D eigenvalue weighted by Gasteiger charge is -2.11. The Kier molecular flexibility index (Phi) is 6.24. The van der Waals surface area contributed by atoms with Crippen molar-refractivity contribution in [2.45, 2.75) is 0 Å². The first kappa shape index (κ1) is 29.9. The van der Waals surface area contributed by atoms with Gasteiger partial charge in [0.15, 0.2) is 22.8 Å². The Morgan fingerprint density at radius 2 is 0.855 bits per heavy atom. The van der Waals surface area contributed by atoms with Gasteiger partial charge in [0, 0.05) is 49.1 Å². The summed E-state index contributed by atoms with van der Waals surface area (Å²) in [5, 5.41) is 8.97. The quantitative estimate of drug-likeness (QED) is 0.183. The van der Waals surface area contributed by atoms with Crippen LogP contribution in [0.5, 0.6) is 0 Å². The van der Waals surface area contributed by atoms with Gasteiger partial charge in [-0.2, -0.15) is 9.97 Å². The van der Waals surface area contributed by atoms with Crippen LogP contribution in [0.2, 0.25) is 0 Å². The van der Waals surface area contributed by atoms with Crippen LogP contribution in [0.1, 0.15) is 0 Å². The molecule has 0 aliphatic carbocycles. The normalized spacial score (nSPS) is 12.0. The molecule has 6 heteroatoms. The molecule has 0 amide bonds. The number of furan rings is 1. The molecule has 4 aromatic heterocycles. The largest absolute Gasteiger partial charge is 0.452 e. The predicted molar refractivity (Wildman–Crippen MR) is 224 cm³/mol. The molecule has 12 aromatic rings. The summed E-state index contributed by atoms with van der Waals surface area (Å²) in [4.78, 5) is 15.4. The maximum atomic E-state index is 7.27. The number of para-hydroxylation sites is 2. The van der Waals surface area contributed by atoms with Gasteiger partial charge in [-0.3, -0.25) is 4.57 Å². The van der Waals surface area contributed by atoms with Crippen molar-refractivity contribution in [2.75, 3.05) is 0 Å². The predicted octanol–water partition coefficient (Wildman–Crippen LogP) is 12.5. The van der Waals surface area contributed by atoms with Crippen molar-refractivity contribution in [2.24, 2.45) is 0 Å². The van der Waals surface area contributed by atoms with Crippen LogP contribution in [-0.4, -0.2) is 24.1 Å². The summed E-state index contributed by atoms with van der Waals surface area (Å²) in [7, 11) is 0. The van der Waals surface area contributed by atoms with E-state index in [2.05, 4.69) is 124 Å². The summed E-state index contributed by atoms with van der Waals surface area (Å²) < 4.78 is 11.8. The number of hydrogen-bond acceptors (Lipinski definition) is 4. The third kappa shape index (κ3) is 4.39. The molecule has 0 N–H and O–H groups in total. The molecule has 0 atom stereocenters. The van der Waals surface area contributed by atoms with Crippen LogP contribution in [-0.2, 0) is 0 Å². The fourth-order valence-electron chi connectivity index (χ4n) is 8.48.